The molecule has 7 heteroatoms. The van der Waals surface area contributed by atoms with Crippen molar-refractivity contribution >= 4 is 0 Å². The van der Waals surface area contributed by atoms with Crippen molar-refractivity contribution in [2.45, 2.75) is 0 Å². The van der Waals surface area contributed by atoms with E-state index >= 15 is 0 Å². The number of nitrogens with zero attached hydrogens (tertiary/aromatic N) is 2. The molecule has 37 heavy (non-hydrogen) atoms. The van der Waals surface area contributed by atoms with Crippen molar-refractivity contribution in [3.63, 3.8) is 0 Å². The Hall–Kier alpha value is -3.87. The molecule has 0 saturated heterocycles. The van der Waals surface area contributed by atoms with Crippen LogP contribution in [0.5, 0.6) is 0 Å². The van der Waals surface area contributed by atoms with Crippen LogP contribution in [-0.2, 0) is 21.7 Å². The average molecular weight is 532 g/mol. The summed E-state index contributed by atoms with van der Waals surface area (Å²) >= 11 is 0. The summed E-state index contributed by atoms with van der Waals surface area (Å²) in [6.07, 6.45) is 7.18. The van der Waals surface area contributed by atoms with Gasteiger partial charge in [-0.25, -0.2) is 17.6 Å². The number of rotatable bonds is 4. The van der Waals surface area contributed by atoms with E-state index in [4.69, 9.17) is 0 Å². The molecule has 4 aromatic carbocycles. The number of halogens is 4. The standard InChI is InChI=1S/2C15H10F2N.Ti/c2*16-13-5-6-15(14(17)9-13)18-8-7-12(10-18)11-3-1-2-4-11;/h2*1-10H;/q2*-1;+2. The minimum absolute atomic E-state index is 0. The van der Waals surface area contributed by atoms with E-state index in [-0.39, 0.29) is 21.7 Å². The number of benzene rings is 2. The topological polar surface area (TPSA) is 7.76 Å². The molecule has 0 unspecified atom stereocenters. The molecule has 0 fully saturated rings. The van der Waals surface area contributed by atoms with E-state index < -0.39 is 23.3 Å². The van der Waals surface area contributed by atoms with E-state index in [1.165, 1.54) is 24.3 Å². The fraction of sp³-hybridized carbons (Fsp3) is 0. The van der Waals surface area contributed by atoms with Gasteiger partial charge in [0.15, 0.2) is 23.0 Å². The van der Waals surface area contributed by atoms with Crippen LogP contribution < -0.4 is 9.13 Å². The van der Waals surface area contributed by atoms with Gasteiger partial charge in [0.25, 0.3) is 0 Å². The second-order valence-electron chi connectivity index (χ2n) is 8.15. The molecule has 6 aromatic rings. The first-order valence-corrected chi connectivity index (χ1v) is 11.2. The maximum atomic E-state index is 13.6. The smallest absolute Gasteiger partial charge is 0.293 e. The molecular formula is C30H20F4N2Ti. The zero-order valence-electron chi connectivity index (χ0n) is 19.5. The Kier molecular flexibility index (Phi) is 8.12. The zero-order chi connectivity index (χ0) is 25.1. The Morgan fingerprint density at radius 3 is 1.35 bits per heavy atom. The van der Waals surface area contributed by atoms with Crippen molar-refractivity contribution in [2.75, 3.05) is 0 Å². The molecular weight excluding hydrogens is 512 g/mol. The molecule has 0 bridgehead atoms. The minimum atomic E-state index is -0.570. The summed E-state index contributed by atoms with van der Waals surface area (Å²) in [5.41, 5.74) is 4.85. The van der Waals surface area contributed by atoms with Crippen LogP contribution in [0.4, 0.5) is 17.6 Å². The van der Waals surface area contributed by atoms with Crippen LogP contribution in [0.15, 0.2) is 122 Å². The third-order valence-electron chi connectivity index (χ3n) is 5.75. The summed E-state index contributed by atoms with van der Waals surface area (Å²) in [5.74, 6) is -2.28. The van der Waals surface area contributed by atoms with Crippen LogP contribution in [0.2, 0.25) is 0 Å². The Balaban J connectivity index is 0.000000168. The van der Waals surface area contributed by atoms with Crippen molar-refractivity contribution in [1.29, 1.82) is 0 Å². The van der Waals surface area contributed by atoms with Gasteiger partial charge in [-0.3, -0.25) is 9.13 Å². The van der Waals surface area contributed by atoms with E-state index in [0.29, 0.717) is 11.4 Å². The summed E-state index contributed by atoms with van der Waals surface area (Å²) in [6.45, 7) is 0. The van der Waals surface area contributed by atoms with Crippen molar-refractivity contribution in [2.24, 2.45) is 0 Å². The normalized spacial score (nSPS) is 10.5. The van der Waals surface area contributed by atoms with Crippen LogP contribution in [0.1, 0.15) is 0 Å². The van der Waals surface area contributed by atoms with Gasteiger partial charge in [0.2, 0.25) is 0 Å². The maximum absolute atomic E-state index is 13.6. The van der Waals surface area contributed by atoms with E-state index in [1.807, 2.05) is 73.1 Å². The zero-order valence-corrected chi connectivity index (χ0v) is 21.0. The fourth-order valence-electron chi connectivity index (χ4n) is 3.95. The predicted octanol–water partition coefficient (Wildman–Crippen LogP) is 6.69. The van der Waals surface area contributed by atoms with Crippen LogP contribution in [0, 0.1) is 23.3 Å². The SMILES string of the molecule is Fc1ccc(-[n+]2cc(-c3ccc[cH-]3)c[cH-]2)c(F)c1.Fc1ccc(-[n+]2cc(-c3ccc[cH-]3)c[cH-]2)c(F)c1.[Ti+2]. The number of hydrogen-bond donors (Lipinski definition) is 0. The Morgan fingerprint density at radius 2 is 1.00 bits per heavy atom. The molecule has 2 aromatic heterocycles. The van der Waals surface area contributed by atoms with E-state index in [0.717, 1.165) is 34.4 Å². The maximum Gasteiger partial charge on any atom is 2.00 e. The van der Waals surface area contributed by atoms with Crippen molar-refractivity contribution in [3.8, 4) is 33.6 Å². The minimum Gasteiger partial charge on any atom is -0.293 e. The molecule has 0 saturated carbocycles. The molecule has 6 rings (SSSR count). The largest absolute Gasteiger partial charge is 2.00 e. The van der Waals surface area contributed by atoms with E-state index in [2.05, 4.69) is 0 Å². The van der Waals surface area contributed by atoms with Gasteiger partial charge in [-0.2, -0.15) is 47.5 Å². The molecule has 0 aliphatic heterocycles. The summed E-state index contributed by atoms with van der Waals surface area (Å²) in [6, 6.07) is 26.7. The second-order valence-corrected chi connectivity index (χ2v) is 8.15. The summed E-state index contributed by atoms with van der Waals surface area (Å²) in [7, 11) is 0. The predicted molar refractivity (Wildman–Crippen MR) is 129 cm³/mol. The van der Waals surface area contributed by atoms with Gasteiger partial charge >= 0.3 is 21.7 Å². The fourth-order valence-corrected chi connectivity index (χ4v) is 3.95. The third-order valence-corrected chi connectivity index (χ3v) is 5.75. The Bertz CT molecular complexity index is 1460. The second kappa shape index (κ2) is 11.5. The van der Waals surface area contributed by atoms with Crippen LogP contribution >= 0.6 is 0 Å². The van der Waals surface area contributed by atoms with Crippen molar-refractivity contribution in [3.05, 3.63) is 145 Å². The van der Waals surface area contributed by atoms with E-state index in [9.17, 15) is 17.6 Å². The first kappa shape index (κ1) is 26.2. The monoisotopic (exact) mass is 532 g/mol. The van der Waals surface area contributed by atoms with Crippen LogP contribution in [0.25, 0.3) is 33.6 Å². The first-order valence-electron chi connectivity index (χ1n) is 11.2. The summed E-state index contributed by atoms with van der Waals surface area (Å²) in [4.78, 5) is 0. The van der Waals surface area contributed by atoms with Gasteiger partial charge < -0.3 is 0 Å². The Labute approximate surface area is 226 Å². The summed E-state index contributed by atoms with van der Waals surface area (Å²) in [5, 5.41) is 0. The van der Waals surface area contributed by atoms with Crippen molar-refractivity contribution < 1.29 is 48.4 Å². The third kappa shape index (κ3) is 5.93. The molecule has 0 spiro atoms. The van der Waals surface area contributed by atoms with Crippen LogP contribution in [-0.4, -0.2) is 0 Å². The van der Waals surface area contributed by atoms with Gasteiger partial charge in [0, 0.05) is 12.1 Å². The first-order chi connectivity index (χ1) is 17.5. The molecule has 0 atom stereocenters. The molecule has 0 N–H and O–H groups in total. The molecule has 0 amide bonds. The molecule has 2 nitrogen and oxygen atoms in total. The Morgan fingerprint density at radius 1 is 0.568 bits per heavy atom. The molecule has 0 aliphatic rings. The van der Waals surface area contributed by atoms with Gasteiger partial charge in [-0.1, -0.05) is 23.3 Å². The number of aromatic nitrogens is 2. The van der Waals surface area contributed by atoms with Gasteiger partial charge in [-0.15, -0.1) is 12.1 Å². The number of hydrogen-bond acceptors (Lipinski definition) is 0. The van der Waals surface area contributed by atoms with Gasteiger partial charge in [0.1, 0.15) is 11.6 Å². The quantitative estimate of drug-likeness (QED) is 0.104. The molecule has 182 valence electrons. The molecule has 0 radical (unpaired) electrons. The van der Waals surface area contributed by atoms with E-state index in [1.54, 1.807) is 21.5 Å². The average Bonchev–Trinajstić information content (AvgIpc) is 3.67. The molecule has 2 heterocycles. The van der Waals surface area contributed by atoms with Crippen molar-refractivity contribution in [1.82, 2.24) is 0 Å². The summed E-state index contributed by atoms with van der Waals surface area (Å²) < 4.78 is 56.2. The molecule has 0 aliphatic carbocycles. The van der Waals surface area contributed by atoms with Gasteiger partial charge in [0.05, 0.1) is 24.8 Å². The van der Waals surface area contributed by atoms with Gasteiger partial charge in [-0.05, 0) is 24.3 Å². The van der Waals surface area contributed by atoms with Crippen LogP contribution in [0.3, 0.4) is 0 Å².